The number of nitrogens with zero attached hydrogens (tertiary/aromatic N) is 10. The first-order chi connectivity index (χ1) is 47.6. The highest BCUT2D eigenvalue weighted by molar-refractivity contribution is 7.23. The van der Waals surface area contributed by atoms with E-state index in [4.69, 9.17) is 13.3 Å². The maximum Gasteiger partial charge on any atom is 0.206 e. The van der Waals surface area contributed by atoms with Gasteiger partial charge in [0.2, 0.25) is 5.88 Å². The van der Waals surface area contributed by atoms with Gasteiger partial charge in [-0.15, -0.1) is 11.3 Å². The van der Waals surface area contributed by atoms with Gasteiger partial charge in [-0.3, -0.25) is 4.90 Å². The lowest BCUT2D eigenvalue weighted by atomic mass is 10.1. The molecule has 9 aromatic carbocycles. The number of thiophene rings is 2. The van der Waals surface area contributed by atoms with Crippen LogP contribution >= 0.6 is 22.7 Å². The number of likely N-dealkylation sites (N-methyl/N-ethyl adjacent to an activating group) is 5. The molecule has 15 heteroatoms. The summed E-state index contributed by atoms with van der Waals surface area (Å²) in [5.74, 6) is 2.13. The lowest BCUT2D eigenvalue weighted by molar-refractivity contribution is 0.344. The molecule has 0 N–H and O–H groups in total. The van der Waals surface area contributed by atoms with Crippen molar-refractivity contribution in [3.63, 3.8) is 0 Å². The molecule has 24 rings (SSSR count). The summed E-state index contributed by atoms with van der Waals surface area (Å²) in [6, 6.07) is 69.1. The van der Waals surface area contributed by atoms with Crippen LogP contribution in [0.1, 0.15) is 34.9 Å². The third-order valence-corrected chi connectivity index (χ3v) is 24.2. The molecule has 0 aliphatic carbocycles. The van der Waals surface area contributed by atoms with E-state index in [0.29, 0.717) is 30.8 Å². The summed E-state index contributed by atoms with van der Waals surface area (Å²) in [4.78, 5) is 24.0. The molecule has 0 spiro atoms. The molecule has 0 bridgehead atoms. The number of hydrogen-bond acceptors (Lipinski definition) is 15. The van der Waals surface area contributed by atoms with Crippen LogP contribution in [-0.4, -0.2) is 71.0 Å². The Kier molecular flexibility index (Phi) is 12.5. The fourth-order valence-electron chi connectivity index (χ4n) is 17.3. The molecule has 10 aliphatic heterocycles. The number of anilines is 13. The molecule has 10 aliphatic rings. The fourth-order valence-corrected chi connectivity index (χ4v) is 19.4. The van der Waals surface area contributed by atoms with Crippen molar-refractivity contribution in [2.45, 2.75) is 69.9 Å². The molecule has 97 heavy (non-hydrogen) atoms. The van der Waals surface area contributed by atoms with Crippen molar-refractivity contribution in [3.8, 4) is 0 Å². The minimum Gasteiger partial charge on any atom is -0.471 e. The predicted octanol–water partition coefficient (Wildman–Crippen LogP) is 19.5. The third-order valence-electron chi connectivity index (χ3n) is 22.2. The summed E-state index contributed by atoms with van der Waals surface area (Å²) in [6.07, 6.45) is 13.3. The van der Waals surface area contributed by atoms with Gasteiger partial charge in [0.1, 0.15) is 52.8 Å². The Bertz CT molecular complexity index is 5330. The second kappa shape index (κ2) is 21.4. The Morgan fingerprint density at radius 2 is 0.856 bits per heavy atom. The molecule has 0 radical (unpaired) electrons. The van der Waals surface area contributed by atoms with Gasteiger partial charge in [0.05, 0.1) is 63.7 Å². The van der Waals surface area contributed by atoms with Crippen molar-refractivity contribution >= 4 is 150 Å². The Hall–Kier alpha value is -10.7. The summed E-state index contributed by atoms with van der Waals surface area (Å²) in [5.41, 5.74) is 23.5. The van der Waals surface area contributed by atoms with Crippen LogP contribution in [-0.2, 0) is 32.1 Å². The molecule has 478 valence electrons. The zero-order valence-electron chi connectivity index (χ0n) is 54.8. The Morgan fingerprint density at radius 3 is 1.54 bits per heavy atom. The second-order valence-corrected chi connectivity index (χ2v) is 29.0. The molecule has 5 aromatic heterocycles. The van der Waals surface area contributed by atoms with Gasteiger partial charge in [0.25, 0.3) is 0 Å². The minimum absolute atomic E-state index is 0.353. The Balaban J connectivity index is 0.0000000827. The van der Waals surface area contributed by atoms with Crippen LogP contribution in [0.2, 0.25) is 0 Å². The highest BCUT2D eigenvalue weighted by atomic mass is 32.1. The summed E-state index contributed by atoms with van der Waals surface area (Å²) < 4.78 is 18.9. The van der Waals surface area contributed by atoms with Crippen molar-refractivity contribution in [1.82, 2.24) is 4.90 Å². The zero-order valence-corrected chi connectivity index (χ0v) is 56.4. The van der Waals surface area contributed by atoms with E-state index in [0.717, 1.165) is 54.9 Å². The van der Waals surface area contributed by atoms with Crippen LogP contribution in [0.15, 0.2) is 243 Å². The second-order valence-electron chi connectivity index (χ2n) is 27.2. The average molecular weight is 1310 g/mol. The monoisotopic (exact) mass is 1310 g/mol. The van der Waals surface area contributed by atoms with E-state index in [1.807, 2.05) is 48.1 Å². The van der Waals surface area contributed by atoms with E-state index in [2.05, 4.69) is 278 Å². The molecule has 15 heterocycles. The first-order valence-corrected chi connectivity index (χ1v) is 35.5. The summed E-state index contributed by atoms with van der Waals surface area (Å²) in [5, 5.41) is 15.0. The molecular weight excluding hydrogens is 1240 g/mol. The zero-order chi connectivity index (χ0) is 64.6. The maximum absolute atomic E-state index is 6.13. The lowest BCUT2D eigenvalue weighted by Crippen LogP contribution is -2.36. The topological polar surface area (TPSA) is 71.8 Å². The van der Waals surface area contributed by atoms with Crippen molar-refractivity contribution in [3.05, 3.63) is 257 Å². The van der Waals surface area contributed by atoms with Gasteiger partial charge in [-0.25, -0.2) is 0 Å². The third kappa shape index (κ3) is 8.34. The van der Waals surface area contributed by atoms with Gasteiger partial charge in [-0.05, 0) is 148 Å². The highest BCUT2D eigenvalue weighted by Crippen LogP contribution is 2.57. The number of hydrogen-bond donors (Lipinski definition) is 0. The quantitative estimate of drug-likeness (QED) is 0.145. The van der Waals surface area contributed by atoms with Crippen molar-refractivity contribution < 1.29 is 13.3 Å². The number of furan rings is 3. The van der Waals surface area contributed by atoms with Crippen LogP contribution in [0.4, 0.5) is 73.4 Å². The van der Waals surface area contributed by atoms with Gasteiger partial charge in [-0.2, -0.15) is 11.3 Å². The first-order valence-electron chi connectivity index (χ1n) is 33.7. The number of rotatable bonds is 0. The maximum atomic E-state index is 6.13. The average Bonchev–Trinajstić information content (AvgIpc) is 1.58. The van der Waals surface area contributed by atoms with Crippen LogP contribution in [0, 0.1) is 0 Å². The van der Waals surface area contributed by atoms with Crippen molar-refractivity contribution in [2.24, 2.45) is 0 Å². The van der Waals surface area contributed by atoms with Crippen LogP contribution in [0.5, 0.6) is 0 Å². The van der Waals surface area contributed by atoms with Crippen LogP contribution in [0.25, 0.3) is 53.6 Å². The number of benzene rings is 9. The first kappa shape index (κ1) is 56.6. The van der Waals surface area contributed by atoms with Crippen molar-refractivity contribution in [2.75, 3.05) is 79.3 Å². The van der Waals surface area contributed by atoms with E-state index in [1.54, 1.807) is 11.3 Å². The molecule has 5 unspecified atom stereocenters. The van der Waals surface area contributed by atoms with Crippen LogP contribution < -0.4 is 44.1 Å². The molecule has 0 saturated carbocycles. The molecule has 14 aromatic rings. The molecule has 5 atom stereocenters. The van der Waals surface area contributed by atoms with E-state index in [-0.39, 0.29) is 0 Å². The van der Waals surface area contributed by atoms with Crippen molar-refractivity contribution in [1.29, 1.82) is 0 Å². The summed E-state index contributed by atoms with van der Waals surface area (Å²) >= 11 is 3.71. The smallest absolute Gasteiger partial charge is 0.206 e. The standard InChI is InChI=1S/3C17H14N2O.C17H14N2S.C14H14N2S/c1-18-13-7-3-4-8-14(13)19-16(18)10-12-11-6-2-5-9-15(11)20-17(12)19;1-18-12-7-3-4-8-13(12)19-16(18)10-15-17(19)11-6-2-5-9-14(11)20-15;1-18-14-4-2-3-5-15(14)19-16-7-13-10-20-9-12(13)6-11(16)8-17(18)19;1-18-13-7-3-4-8-14(13)19-16(18)10-12-11-6-2-5-9-15(11)20-17(12)19;1-9-6-16-13-4-12-8-17-7-11(12)3-10(13)5-14(16)15(9)2/h2*2-9,16H,10H2,1H3;2-7,9-10,17H,8H2,1H3;2-9,16H,10H2,1H3;3-4,6-8,14H,5H2,1-2H3. The van der Waals surface area contributed by atoms with E-state index in [1.165, 1.54) is 138 Å². The Labute approximate surface area is 570 Å². The number of allylic oxidation sites excluding steroid dienone is 1. The number of fused-ring (bicyclic) bond motifs is 31. The van der Waals surface area contributed by atoms with Gasteiger partial charge in [-0.1, -0.05) is 97.1 Å². The van der Waals surface area contributed by atoms with E-state index >= 15 is 0 Å². The fraction of sp³-hybridized carbons (Fsp3) is 0.195. The molecule has 13 nitrogen and oxygen atoms in total. The summed E-state index contributed by atoms with van der Waals surface area (Å²) in [7, 11) is 10.9. The molecule has 0 amide bonds. The summed E-state index contributed by atoms with van der Waals surface area (Å²) in [6.45, 7) is 2.18. The largest absolute Gasteiger partial charge is 0.471 e. The van der Waals surface area contributed by atoms with Gasteiger partial charge in [0, 0.05) is 122 Å². The van der Waals surface area contributed by atoms with E-state index in [9.17, 15) is 0 Å². The minimum atomic E-state index is 0.353. The SMILES string of the molecule is CC1=CN2c3cc4cscc4cc3CC2N1C.CN1c2ccccc2N2c3c(oc4ccccc34)CC12.CN1c2ccccc2N2c3cc4cocc4cc3CC12.CN1c2ccccc2N2c3oc4ccccc4c3CC12.CN1c2ccccc2N2c3sc4ccccc4c3CC12. The molecule has 0 saturated heterocycles. The number of para-hydroxylation sites is 10. The normalized spacial score (nSPS) is 19.8. The van der Waals surface area contributed by atoms with Gasteiger partial charge in [0.15, 0.2) is 0 Å². The molecule has 0 fully saturated rings. The Morgan fingerprint density at radius 1 is 0.381 bits per heavy atom. The highest BCUT2D eigenvalue weighted by Gasteiger charge is 2.47. The van der Waals surface area contributed by atoms with Gasteiger partial charge >= 0.3 is 0 Å². The van der Waals surface area contributed by atoms with E-state index < -0.39 is 0 Å². The molecular formula is C82H70N10O3S2. The predicted molar refractivity (Wildman–Crippen MR) is 402 cm³/mol. The van der Waals surface area contributed by atoms with Crippen LogP contribution in [0.3, 0.4) is 0 Å². The lowest BCUT2D eigenvalue weighted by Gasteiger charge is -2.24. The van der Waals surface area contributed by atoms with Gasteiger partial charge < -0.3 is 57.4 Å².